The summed E-state index contributed by atoms with van der Waals surface area (Å²) in [6.45, 7) is 3.06. The molecule has 2 aromatic heterocycles. The van der Waals surface area contributed by atoms with Crippen LogP contribution in [0.3, 0.4) is 0 Å². The van der Waals surface area contributed by atoms with Gasteiger partial charge >= 0.3 is 0 Å². The van der Waals surface area contributed by atoms with Crippen LogP contribution in [-0.4, -0.2) is 16.7 Å². The Morgan fingerprint density at radius 1 is 0.963 bits per heavy atom. The molecular weight excluding hydrogens is 360 g/mol. The molecule has 136 valence electrons. The van der Waals surface area contributed by atoms with Gasteiger partial charge < -0.3 is 14.0 Å². The van der Waals surface area contributed by atoms with E-state index < -0.39 is 0 Å². The molecule has 5 nitrogen and oxygen atoms in total. The summed E-state index contributed by atoms with van der Waals surface area (Å²) < 4.78 is 16.7. The molecule has 2 heterocycles. The Hall–Kier alpha value is -3.12. The van der Waals surface area contributed by atoms with Gasteiger partial charge in [0.2, 0.25) is 5.82 Å². The van der Waals surface area contributed by atoms with Crippen LogP contribution in [-0.2, 0) is 6.61 Å². The van der Waals surface area contributed by atoms with Crippen molar-refractivity contribution in [1.29, 1.82) is 0 Å². The van der Waals surface area contributed by atoms with Crippen molar-refractivity contribution in [2.24, 2.45) is 0 Å². The van der Waals surface area contributed by atoms with Crippen molar-refractivity contribution in [1.82, 2.24) is 10.1 Å². The molecule has 0 amide bonds. The van der Waals surface area contributed by atoms with Crippen LogP contribution in [0.25, 0.3) is 22.2 Å². The van der Waals surface area contributed by atoms with Crippen molar-refractivity contribution in [2.75, 3.05) is 6.61 Å². The maximum atomic E-state index is 5.86. The highest BCUT2D eigenvalue weighted by Gasteiger charge is 2.11. The predicted molar refractivity (Wildman–Crippen MR) is 105 cm³/mol. The fourth-order valence-electron chi connectivity index (χ4n) is 2.61. The minimum Gasteiger partial charge on any atom is -0.494 e. The Bertz CT molecular complexity index is 994. The summed E-state index contributed by atoms with van der Waals surface area (Å²) in [7, 11) is 0. The normalized spacial score (nSPS) is 10.7. The molecule has 0 atom stereocenters. The van der Waals surface area contributed by atoms with Crippen LogP contribution in [0.15, 0.2) is 70.6 Å². The van der Waals surface area contributed by atoms with Gasteiger partial charge in [-0.25, -0.2) is 0 Å². The van der Waals surface area contributed by atoms with Crippen LogP contribution in [0.5, 0.6) is 11.5 Å². The van der Waals surface area contributed by atoms with Gasteiger partial charge in [0.15, 0.2) is 0 Å². The molecule has 0 aliphatic carbocycles. The lowest BCUT2D eigenvalue weighted by atomic mass is 10.1. The van der Waals surface area contributed by atoms with Gasteiger partial charge in [-0.2, -0.15) is 4.98 Å². The van der Waals surface area contributed by atoms with E-state index >= 15 is 0 Å². The number of hydrogen-bond acceptors (Lipinski definition) is 6. The highest BCUT2D eigenvalue weighted by molar-refractivity contribution is 7.13. The fourth-order valence-corrected chi connectivity index (χ4v) is 3.26. The first-order valence-electron chi connectivity index (χ1n) is 8.64. The zero-order valence-corrected chi connectivity index (χ0v) is 15.6. The second-order valence-electron chi connectivity index (χ2n) is 5.79. The molecule has 0 saturated heterocycles. The average molecular weight is 378 g/mol. The lowest BCUT2D eigenvalue weighted by Crippen LogP contribution is -1.96. The first-order chi connectivity index (χ1) is 13.3. The highest BCUT2D eigenvalue weighted by Crippen LogP contribution is 2.26. The van der Waals surface area contributed by atoms with Crippen LogP contribution in [0, 0.1) is 0 Å². The molecule has 0 N–H and O–H groups in total. The maximum absolute atomic E-state index is 5.86. The summed E-state index contributed by atoms with van der Waals surface area (Å²) >= 11 is 1.58. The largest absolute Gasteiger partial charge is 0.494 e. The van der Waals surface area contributed by atoms with E-state index in [1.54, 1.807) is 11.3 Å². The van der Waals surface area contributed by atoms with Crippen molar-refractivity contribution in [3.8, 4) is 33.7 Å². The molecule has 0 saturated carbocycles. The van der Waals surface area contributed by atoms with E-state index in [0.29, 0.717) is 24.9 Å². The van der Waals surface area contributed by atoms with Gasteiger partial charge in [-0.1, -0.05) is 23.4 Å². The van der Waals surface area contributed by atoms with E-state index in [2.05, 4.69) is 10.1 Å². The van der Waals surface area contributed by atoms with Crippen LogP contribution >= 0.6 is 11.3 Å². The molecule has 0 unspecified atom stereocenters. The third-order valence-electron chi connectivity index (χ3n) is 3.88. The van der Waals surface area contributed by atoms with Crippen molar-refractivity contribution in [3.05, 3.63) is 71.6 Å². The summed E-state index contributed by atoms with van der Waals surface area (Å²) in [6.07, 6.45) is 0. The first kappa shape index (κ1) is 17.3. The van der Waals surface area contributed by atoms with Gasteiger partial charge in [0, 0.05) is 5.56 Å². The Kier molecular flexibility index (Phi) is 5.16. The number of hydrogen-bond donors (Lipinski definition) is 0. The Morgan fingerprint density at radius 2 is 1.78 bits per heavy atom. The second kappa shape index (κ2) is 8.05. The van der Waals surface area contributed by atoms with E-state index in [-0.39, 0.29) is 0 Å². The number of ether oxygens (including phenoxy) is 2. The topological polar surface area (TPSA) is 57.4 Å². The van der Waals surface area contributed by atoms with E-state index in [1.807, 2.05) is 73.0 Å². The third-order valence-corrected chi connectivity index (χ3v) is 4.75. The Balaban J connectivity index is 1.45. The standard InChI is InChI=1S/C21H18N2O3S/c1-2-24-17-8-10-18(11-9-17)25-14-15-5-3-6-16(13-15)21-22-20(23-26-21)19-7-4-12-27-19/h3-13H,2,14H2,1H3. The quantitative estimate of drug-likeness (QED) is 0.428. The number of thiophene rings is 1. The molecular formula is C21H18N2O3S. The SMILES string of the molecule is CCOc1ccc(OCc2cccc(-c3nc(-c4cccs4)no3)c2)cc1. The summed E-state index contributed by atoms with van der Waals surface area (Å²) in [4.78, 5) is 5.47. The van der Waals surface area contributed by atoms with Gasteiger partial charge in [-0.15, -0.1) is 11.3 Å². The number of benzene rings is 2. The van der Waals surface area contributed by atoms with Crippen molar-refractivity contribution in [3.63, 3.8) is 0 Å². The van der Waals surface area contributed by atoms with Gasteiger partial charge in [0.05, 0.1) is 11.5 Å². The molecule has 27 heavy (non-hydrogen) atoms. The van der Waals surface area contributed by atoms with E-state index in [0.717, 1.165) is 27.5 Å². The zero-order chi connectivity index (χ0) is 18.5. The number of nitrogens with zero attached hydrogens (tertiary/aromatic N) is 2. The smallest absolute Gasteiger partial charge is 0.258 e. The number of rotatable bonds is 7. The molecule has 0 aliphatic rings. The van der Waals surface area contributed by atoms with Crippen molar-refractivity contribution in [2.45, 2.75) is 13.5 Å². The fraction of sp³-hybridized carbons (Fsp3) is 0.143. The maximum Gasteiger partial charge on any atom is 0.258 e. The van der Waals surface area contributed by atoms with E-state index in [4.69, 9.17) is 14.0 Å². The van der Waals surface area contributed by atoms with Gasteiger partial charge in [0.25, 0.3) is 5.89 Å². The molecule has 6 heteroatoms. The Morgan fingerprint density at radius 3 is 2.52 bits per heavy atom. The summed E-state index contributed by atoms with van der Waals surface area (Å²) in [5, 5.41) is 6.05. The van der Waals surface area contributed by atoms with E-state index in [1.165, 1.54) is 0 Å². The van der Waals surface area contributed by atoms with Crippen molar-refractivity contribution >= 4 is 11.3 Å². The van der Waals surface area contributed by atoms with E-state index in [9.17, 15) is 0 Å². The zero-order valence-electron chi connectivity index (χ0n) is 14.8. The molecule has 2 aromatic carbocycles. The second-order valence-corrected chi connectivity index (χ2v) is 6.74. The van der Waals surface area contributed by atoms with Gasteiger partial charge in [-0.3, -0.25) is 0 Å². The summed E-state index contributed by atoms with van der Waals surface area (Å²) in [5.41, 5.74) is 1.90. The monoisotopic (exact) mass is 378 g/mol. The number of aromatic nitrogens is 2. The minimum atomic E-state index is 0.452. The van der Waals surface area contributed by atoms with Crippen molar-refractivity contribution < 1.29 is 14.0 Å². The average Bonchev–Trinajstić information content (AvgIpc) is 3.40. The minimum absolute atomic E-state index is 0.452. The van der Waals surface area contributed by atoms with Crippen LogP contribution in [0.2, 0.25) is 0 Å². The molecule has 0 bridgehead atoms. The molecule has 0 radical (unpaired) electrons. The Labute approximate surface area is 161 Å². The molecule has 0 aliphatic heterocycles. The lowest BCUT2D eigenvalue weighted by Gasteiger charge is -2.08. The summed E-state index contributed by atoms with van der Waals surface area (Å²) in [5.74, 6) is 2.74. The summed E-state index contributed by atoms with van der Waals surface area (Å²) in [6, 6.07) is 19.5. The van der Waals surface area contributed by atoms with Crippen LogP contribution in [0.4, 0.5) is 0 Å². The van der Waals surface area contributed by atoms with Gasteiger partial charge in [-0.05, 0) is 60.3 Å². The van der Waals surface area contributed by atoms with Gasteiger partial charge in [0.1, 0.15) is 18.1 Å². The highest BCUT2D eigenvalue weighted by atomic mass is 32.1. The molecule has 4 rings (SSSR count). The van der Waals surface area contributed by atoms with Crippen LogP contribution < -0.4 is 9.47 Å². The third kappa shape index (κ3) is 4.17. The predicted octanol–water partition coefficient (Wildman–Crippen LogP) is 5.44. The first-order valence-corrected chi connectivity index (χ1v) is 9.52. The molecule has 4 aromatic rings. The molecule has 0 fully saturated rings. The van der Waals surface area contributed by atoms with Crippen LogP contribution in [0.1, 0.15) is 12.5 Å². The lowest BCUT2D eigenvalue weighted by molar-refractivity contribution is 0.304. The molecule has 0 spiro atoms.